The van der Waals surface area contributed by atoms with Crippen LogP contribution in [0.5, 0.6) is 17.2 Å². The number of anilines is 1. The van der Waals surface area contributed by atoms with Gasteiger partial charge in [-0.25, -0.2) is 4.79 Å². The summed E-state index contributed by atoms with van der Waals surface area (Å²) in [4.78, 5) is 26.9. The van der Waals surface area contributed by atoms with E-state index in [-0.39, 0.29) is 17.0 Å². The highest BCUT2D eigenvalue weighted by molar-refractivity contribution is 6.06. The van der Waals surface area contributed by atoms with Crippen molar-refractivity contribution in [2.75, 3.05) is 26.6 Å². The van der Waals surface area contributed by atoms with Gasteiger partial charge in [0.05, 0.1) is 19.8 Å². The molecule has 50 heavy (non-hydrogen) atoms. The van der Waals surface area contributed by atoms with Crippen molar-refractivity contribution in [3.8, 4) is 28.4 Å². The summed E-state index contributed by atoms with van der Waals surface area (Å²) in [6, 6.07) is 26.8. The Kier molecular flexibility index (Phi) is 9.94. The van der Waals surface area contributed by atoms with Crippen molar-refractivity contribution in [3.05, 3.63) is 118 Å². The molecule has 11 heteroatoms. The number of carbonyl (C=O) groups excluding carboxylic acids is 1. The summed E-state index contributed by atoms with van der Waals surface area (Å²) in [6.07, 6.45) is -4.46. The topological polar surface area (TPSA) is 146 Å². The highest BCUT2D eigenvalue weighted by Gasteiger charge is 2.50. The van der Waals surface area contributed by atoms with Gasteiger partial charge < -0.3 is 43.6 Å². The number of rotatable bonds is 10. The summed E-state index contributed by atoms with van der Waals surface area (Å²) in [7, 11) is 4.56. The van der Waals surface area contributed by atoms with E-state index in [4.69, 9.17) is 28.1 Å². The lowest BCUT2D eigenvalue weighted by Gasteiger charge is -2.46. The molecule has 1 amide bonds. The van der Waals surface area contributed by atoms with Crippen LogP contribution in [0, 0.1) is 0 Å². The first kappa shape index (κ1) is 34.7. The Bertz CT molecular complexity index is 2060. The smallest absolute Gasteiger partial charge is 0.360 e. The zero-order chi connectivity index (χ0) is 35.6. The molecule has 11 nitrogen and oxygen atoms in total. The molecule has 1 saturated heterocycles. The Morgan fingerprint density at radius 2 is 1.62 bits per heavy atom. The quantitative estimate of drug-likeness (QED) is 0.160. The first-order valence-electron chi connectivity index (χ1n) is 16.0. The number of hydrogen-bond donors (Lipinski definition) is 3. The molecule has 4 aromatic carbocycles. The fourth-order valence-corrected chi connectivity index (χ4v) is 6.28. The first-order valence-corrected chi connectivity index (χ1v) is 16.0. The Balaban J connectivity index is 1.34. The highest BCUT2D eigenvalue weighted by Crippen LogP contribution is 2.37. The second-order valence-electron chi connectivity index (χ2n) is 12.5. The number of methoxy groups -OCH3 is 3. The van der Waals surface area contributed by atoms with Crippen LogP contribution in [-0.4, -0.2) is 67.7 Å². The molecule has 0 radical (unpaired) electrons. The number of aliphatic hydroxyl groups is 2. The number of ether oxygens (including phenoxy) is 5. The predicted molar refractivity (Wildman–Crippen MR) is 187 cm³/mol. The fraction of sp³-hybridized carbons (Fsp3) is 0.282. The van der Waals surface area contributed by atoms with E-state index in [1.807, 2.05) is 54.6 Å². The van der Waals surface area contributed by atoms with Gasteiger partial charge in [0.1, 0.15) is 46.8 Å². The van der Waals surface area contributed by atoms with Crippen molar-refractivity contribution in [2.45, 2.75) is 50.5 Å². The maximum Gasteiger partial charge on any atom is 0.360 e. The molecule has 1 aliphatic rings. The third-order valence-electron chi connectivity index (χ3n) is 8.82. The Labute approximate surface area is 288 Å². The van der Waals surface area contributed by atoms with Gasteiger partial charge in [-0.2, -0.15) is 0 Å². The molecule has 2 heterocycles. The molecule has 0 aliphatic carbocycles. The van der Waals surface area contributed by atoms with Crippen molar-refractivity contribution in [1.82, 2.24) is 0 Å². The molecule has 0 spiro atoms. The molecule has 260 valence electrons. The number of aliphatic hydroxyl groups excluding tert-OH is 2. The average Bonchev–Trinajstić information content (AvgIpc) is 3.12. The molecule has 1 fully saturated rings. The van der Waals surface area contributed by atoms with E-state index in [1.54, 1.807) is 64.5 Å². The Hall–Kier alpha value is -5.20. The van der Waals surface area contributed by atoms with Gasteiger partial charge in [0, 0.05) is 35.6 Å². The summed E-state index contributed by atoms with van der Waals surface area (Å²) in [5.74, 6) is 0.975. The van der Waals surface area contributed by atoms with Crippen molar-refractivity contribution in [3.63, 3.8) is 0 Å². The third-order valence-corrected chi connectivity index (χ3v) is 8.82. The number of carbonyl (C=O) groups is 1. The number of nitrogens with one attached hydrogen (secondary N) is 1. The van der Waals surface area contributed by atoms with Crippen LogP contribution in [0.15, 0.2) is 100 Å². The van der Waals surface area contributed by atoms with Crippen molar-refractivity contribution >= 4 is 22.6 Å². The summed E-state index contributed by atoms with van der Waals surface area (Å²) in [6.45, 7) is 3.47. The molecule has 1 aromatic heterocycles. The van der Waals surface area contributed by atoms with E-state index >= 15 is 0 Å². The van der Waals surface area contributed by atoms with Gasteiger partial charge in [-0.15, -0.1) is 0 Å². The molecule has 4 unspecified atom stereocenters. The van der Waals surface area contributed by atoms with E-state index in [2.05, 4.69) is 5.32 Å². The van der Waals surface area contributed by atoms with Gasteiger partial charge in [-0.3, -0.25) is 4.79 Å². The molecule has 0 bridgehead atoms. The zero-order valence-electron chi connectivity index (χ0n) is 28.3. The van der Waals surface area contributed by atoms with Crippen LogP contribution in [0.4, 0.5) is 5.69 Å². The van der Waals surface area contributed by atoms with Gasteiger partial charge in [-0.05, 0) is 73.5 Å². The summed E-state index contributed by atoms with van der Waals surface area (Å²) >= 11 is 0. The predicted octanol–water partition coefficient (Wildman–Crippen LogP) is 5.57. The van der Waals surface area contributed by atoms with Gasteiger partial charge >= 0.3 is 5.63 Å². The molecule has 0 saturated carbocycles. The molecule has 5 aromatic rings. The lowest BCUT2D eigenvalue weighted by Crippen LogP contribution is -2.63. The summed E-state index contributed by atoms with van der Waals surface area (Å²) in [5, 5.41) is 24.9. The molecule has 1 aliphatic heterocycles. The zero-order valence-corrected chi connectivity index (χ0v) is 28.3. The number of hydrogen-bond acceptors (Lipinski definition) is 10. The number of amides is 1. The van der Waals surface area contributed by atoms with Gasteiger partial charge in [0.2, 0.25) is 6.29 Å². The second-order valence-corrected chi connectivity index (χ2v) is 12.5. The van der Waals surface area contributed by atoms with Gasteiger partial charge in [-0.1, -0.05) is 42.5 Å². The number of fused-ring (bicyclic) bond motifs is 1. The van der Waals surface area contributed by atoms with E-state index in [0.717, 1.165) is 11.1 Å². The fourth-order valence-electron chi connectivity index (χ4n) is 6.28. The Morgan fingerprint density at radius 3 is 2.34 bits per heavy atom. The minimum Gasteiger partial charge on any atom is -0.497 e. The maximum absolute atomic E-state index is 13.5. The number of benzene rings is 4. The Morgan fingerprint density at radius 1 is 0.860 bits per heavy atom. The van der Waals surface area contributed by atoms with Crippen LogP contribution >= 0.6 is 0 Å². The van der Waals surface area contributed by atoms with Crippen LogP contribution in [-0.2, 0) is 15.9 Å². The van der Waals surface area contributed by atoms with Crippen LogP contribution in [0.1, 0.15) is 35.3 Å². The summed E-state index contributed by atoms with van der Waals surface area (Å²) in [5.41, 5.74) is 1.58. The van der Waals surface area contributed by atoms with E-state index in [0.29, 0.717) is 40.0 Å². The standard InChI is InChI=1S/C39H39NO10/c1-39(2)35(47-5)32(41)33(42)38(50-39)48-31-17-14-24-21-29(37(44)49-34(24)28(31)18-22-10-7-6-8-11-22)40-36(43)25-15-16-30(46-4)27(20-25)23-12-9-13-26(19-23)45-3/h6-17,19-21,32-33,35,38,41-42H,18H2,1-5H3,(H,40,43). The van der Waals surface area contributed by atoms with Crippen molar-refractivity contribution < 1.29 is 43.1 Å². The second kappa shape index (κ2) is 14.3. The molecule has 4 atom stereocenters. The van der Waals surface area contributed by atoms with Crippen LogP contribution in [0.2, 0.25) is 0 Å². The molecule has 6 rings (SSSR count). The SMILES string of the molecule is COc1cccc(-c2cc(C(=O)Nc3cc4ccc(OC5OC(C)(C)C(OC)C(O)C5O)c(Cc5ccccc5)c4oc3=O)ccc2OC)c1. The van der Waals surface area contributed by atoms with Gasteiger partial charge in [0.25, 0.3) is 5.91 Å². The van der Waals surface area contributed by atoms with E-state index < -0.39 is 41.7 Å². The normalized spacial score (nSPS) is 19.9. The lowest BCUT2D eigenvalue weighted by atomic mass is 9.89. The van der Waals surface area contributed by atoms with Crippen molar-refractivity contribution in [1.29, 1.82) is 0 Å². The third kappa shape index (κ3) is 6.94. The summed E-state index contributed by atoms with van der Waals surface area (Å²) < 4.78 is 34.5. The highest BCUT2D eigenvalue weighted by atomic mass is 16.7. The molecular weight excluding hydrogens is 642 g/mol. The van der Waals surface area contributed by atoms with Crippen LogP contribution in [0.25, 0.3) is 22.1 Å². The molecule has 3 N–H and O–H groups in total. The van der Waals surface area contributed by atoms with E-state index in [1.165, 1.54) is 7.11 Å². The maximum atomic E-state index is 13.5. The van der Waals surface area contributed by atoms with E-state index in [9.17, 15) is 19.8 Å². The largest absolute Gasteiger partial charge is 0.497 e. The van der Waals surface area contributed by atoms with Gasteiger partial charge in [0.15, 0.2) is 0 Å². The average molecular weight is 682 g/mol. The van der Waals surface area contributed by atoms with Crippen molar-refractivity contribution in [2.24, 2.45) is 0 Å². The molecular formula is C39H39NO10. The van der Waals surface area contributed by atoms with Crippen LogP contribution in [0.3, 0.4) is 0 Å². The first-order chi connectivity index (χ1) is 24.0. The van der Waals surface area contributed by atoms with Crippen LogP contribution < -0.4 is 25.2 Å². The minimum absolute atomic E-state index is 0.0536. The monoisotopic (exact) mass is 681 g/mol. The minimum atomic E-state index is -1.43. The lowest BCUT2D eigenvalue weighted by molar-refractivity contribution is -0.306.